The van der Waals surface area contributed by atoms with E-state index >= 15 is 0 Å². The Balaban J connectivity index is 0.00000264. The Hall–Kier alpha value is -3.63. The molecule has 0 aromatic heterocycles. The zero-order valence-electron chi connectivity index (χ0n) is 23.5. The van der Waals surface area contributed by atoms with Crippen LogP contribution in [0.5, 0.6) is 17.2 Å². The van der Waals surface area contributed by atoms with Gasteiger partial charge in [0.2, 0.25) is 0 Å². The Labute approximate surface area is 266 Å². The number of alkyl halides is 4. The van der Waals surface area contributed by atoms with E-state index in [0.29, 0.717) is 39.7 Å². The van der Waals surface area contributed by atoms with Crippen molar-refractivity contribution in [2.24, 2.45) is 5.92 Å². The molecule has 2 aliphatic rings. The van der Waals surface area contributed by atoms with Crippen molar-refractivity contribution in [2.45, 2.75) is 30.9 Å². The van der Waals surface area contributed by atoms with Crippen LogP contribution in [0.3, 0.4) is 0 Å². The number of hydrogen-bond acceptors (Lipinski definition) is 7. The van der Waals surface area contributed by atoms with Crippen LogP contribution in [-0.2, 0) is 16.0 Å². The predicted octanol–water partition coefficient (Wildman–Crippen LogP) is 3.01. The van der Waals surface area contributed by atoms with Gasteiger partial charge in [0, 0.05) is 47.9 Å². The smallest absolute Gasteiger partial charge is 0.870 e. The van der Waals surface area contributed by atoms with Gasteiger partial charge in [-0.25, -0.2) is 4.39 Å². The average Bonchev–Trinajstić information content (AvgIpc) is 3.45. The molecule has 1 saturated carbocycles. The zero-order chi connectivity index (χ0) is 30.2. The van der Waals surface area contributed by atoms with E-state index < -0.39 is 48.2 Å². The molecule has 3 aromatic rings. The quantitative estimate of drug-likeness (QED) is 0.258. The van der Waals surface area contributed by atoms with Gasteiger partial charge in [-0.2, -0.15) is 0 Å². The Morgan fingerprint density at radius 1 is 1.09 bits per heavy atom. The maximum Gasteiger partial charge on any atom is 1.00 e. The molecule has 230 valence electrons. The molecule has 15 heteroatoms. The van der Waals surface area contributed by atoms with Crippen molar-refractivity contribution in [3.63, 3.8) is 0 Å². The zero-order valence-corrected chi connectivity index (χ0v) is 24.3. The first kappa shape index (κ1) is 34.9. The molecule has 3 N–H and O–H groups in total. The van der Waals surface area contributed by atoms with Gasteiger partial charge in [0.15, 0.2) is 5.67 Å². The molecule has 1 heterocycles. The van der Waals surface area contributed by atoms with Gasteiger partial charge in [-0.05, 0) is 35.7 Å². The largest absolute Gasteiger partial charge is 1.00 e. The van der Waals surface area contributed by atoms with Crippen molar-refractivity contribution >= 4 is 34.9 Å². The van der Waals surface area contributed by atoms with E-state index in [9.17, 15) is 27.2 Å². The Bertz CT molecular complexity index is 1510. The molecule has 3 aromatic carbocycles. The van der Waals surface area contributed by atoms with Crippen LogP contribution in [0, 0.1) is 5.92 Å². The number of nitrogens with zero attached hydrogens (tertiary/aromatic N) is 1. The second kappa shape index (κ2) is 13.6. The third-order valence-corrected chi connectivity index (χ3v) is 7.37. The first-order valence-electron chi connectivity index (χ1n) is 12.8. The molecule has 1 fully saturated rings. The van der Waals surface area contributed by atoms with E-state index in [-0.39, 0.29) is 43.1 Å². The van der Waals surface area contributed by atoms with Crippen molar-refractivity contribution in [2.75, 3.05) is 30.5 Å². The normalized spacial score (nSPS) is 19.0. The number of fused-ring (bicyclic) bond motifs is 1. The van der Waals surface area contributed by atoms with Gasteiger partial charge in [0.1, 0.15) is 29.9 Å². The summed E-state index contributed by atoms with van der Waals surface area (Å²) in [5.74, 6) is -2.80. The van der Waals surface area contributed by atoms with E-state index in [4.69, 9.17) is 26.2 Å². The molecule has 0 spiro atoms. The number of methoxy groups -OCH3 is 1. The minimum atomic E-state index is -4.89. The summed E-state index contributed by atoms with van der Waals surface area (Å²) in [6, 6.07) is 13.9. The molecule has 1 aliphatic heterocycles. The van der Waals surface area contributed by atoms with E-state index in [2.05, 4.69) is 10.1 Å². The molecule has 5 rings (SSSR count). The predicted molar refractivity (Wildman–Crippen MR) is 147 cm³/mol. The van der Waals surface area contributed by atoms with E-state index in [1.807, 2.05) is 0 Å². The second-order valence-corrected chi connectivity index (χ2v) is 10.5. The number of carbonyl (C=O) groups is 2. The number of aliphatic carboxylic acids is 1. The summed E-state index contributed by atoms with van der Waals surface area (Å²) in [6.07, 6.45) is -4.62. The van der Waals surface area contributed by atoms with Crippen molar-refractivity contribution in [3.8, 4) is 17.2 Å². The van der Waals surface area contributed by atoms with Crippen LogP contribution in [0.4, 0.5) is 28.9 Å². The number of carboxylic acid groups (broad SMARTS) is 1. The monoisotopic (exact) mass is 632 g/mol. The molecule has 1 unspecified atom stereocenters. The van der Waals surface area contributed by atoms with Crippen LogP contribution in [0.1, 0.15) is 23.6 Å². The number of halogens is 5. The van der Waals surface area contributed by atoms with Gasteiger partial charge >= 0.3 is 31.2 Å². The average molecular weight is 633 g/mol. The summed E-state index contributed by atoms with van der Waals surface area (Å²) in [5.41, 5.74) is -0.143. The Kier molecular flexibility index (Phi) is 10.7. The summed E-state index contributed by atoms with van der Waals surface area (Å²) in [6.45, 7) is -0.256. The van der Waals surface area contributed by atoms with Gasteiger partial charge in [-0.1, -0.05) is 29.8 Å². The van der Waals surface area contributed by atoms with Crippen LogP contribution in [0.2, 0.25) is 5.02 Å². The SMILES string of the molecule is COc1cc(NC(C(=O)N2CCc3ccc(OC(F)(F)F)cc32)c2ccc(Cl)cc2)cc(OC[C@@]2(F)C[C@H]2C(=O)O)c1.[Li+].[OH-]. The summed E-state index contributed by atoms with van der Waals surface area (Å²) < 4.78 is 68.2. The van der Waals surface area contributed by atoms with Crippen molar-refractivity contribution in [3.05, 3.63) is 76.8 Å². The second-order valence-electron chi connectivity index (χ2n) is 10.0. The van der Waals surface area contributed by atoms with Gasteiger partial charge in [0.05, 0.1) is 18.7 Å². The number of ether oxygens (including phenoxy) is 3. The number of carboxylic acids is 1. The number of hydrogen-bond donors (Lipinski definition) is 2. The van der Waals surface area contributed by atoms with Crippen LogP contribution in [-0.4, -0.2) is 54.8 Å². The molecule has 0 radical (unpaired) electrons. The van der Waals surface area contributed by atoms with Crippen molar-refractivity contribution in [1.29, 1.82) is 0 Å². The van der Waals surface area contributed by atoms with Gasteiger partial charge in [0.25, 0.3) is 5.91 Å². The van der Waals surface area contributed by atoms with Gasteiger partial charge < -0.3 is 35.0 Å². The van der Waals surface area contributed by atoms with E-state index in [1.165, 1.54) is 42.3 Å². The van der Waals surface area contributed by atoms with Gasteiger partial charge in [-0.3, -0.25) is 9.59 Å². The Morgan fingerprint density at radius 2 is 1.77 bits per heavy atom. The van der Waals surface area contributed by atoms with Crippen LogP contribution < -0.4 is 43.3 Å². The first-order valence-corrected chi connectivity index (χ1v) is 13.2. The van der Waals surface area contributed by atoms with Crippen LogP contribution in [0.15, 0.2) is 60.7 Å². The third kappa shape index (κ3) is 7.90. The number of carbonyl (C=O) groups excluding carboxylic acids is 1. The molecular formula is C29H26ClF4LiN2O7. The van der Waals surface area contributed by atoms with E-state index in [0.717, 1.165) is 0 Å². The molecule has 1 aliphatic carbocycles. The molecule has 0 saturated heterocycles. The number of rotatable bonds is 10. The van der Waals surface area contributed by atoms with Crippen LogP contribution >= 0.6 is 11.6 Å². The van der Waals surface area contributed by atoms with E-state index in [1.54, 1.807) is 30.3 Å². The number of benzene rings is 3. The minimum absolute atomic E-state index is 0. The summed E-state index contributed by atoms with van der Waals surface area (Å²) in [5, 5.41) is 12.6. The molecule has 0 bridgehead atoms. The fourth-order valence-corrected chi connectivity index (χ4v) is 4.98. The summed E-state index contributed by atoms with van der Waals surface area (Å²) in [7, 11) is 1.41. The summed E-state index contributed by atoms with van der Waals surface area (Å²) >= 11 is 6.07. The number of amides is 1. The Morgan fingerprint density at radius 3 is 2.39 bits per heavy atom. The number of nitrogens with one attached hydrogen (secondary N) is 1. The number of anilines is 2. The van der Waals surface area contributed by atoms with Crippen LogP contribution in [0.25, 0.3) is 0 Å². The van der Waals surface area contributed by atoms with Crippen molar-refractivity contribution in [1.82, 2.24) is 0 Å². The topological polar surface area (TPSA) is 127 Å². The minimum Gasteiger partial charge on any atom is -0.870 e. The molecule has 3 atom stereocenters. The fraction of sp³-hybridized carbons (Fsp3) is 0.310. The maximum atomic E-state index is 14.7. The third-order valence-electron chi connectivity index (χ3n) is 7.11. The summed E-state index contributed by atoms with van der Waals surface area (Å²) in [4.78, 5) is 26.5. The molecule has 9 nitrogen and oxygen atoms in total. The van der Waals surface area contributed by atoms with Gasteiger partial charge in [-0.15, -0.1) is 13.2 Å². The standard InChI is InChI=1S/C29H25ClF4N2O6.Li.H2O/c1-40-21-10-19(11-22(12-21)41-15-28(31)14-23(28)27(38)39)35-25(17-2-5-18(30)6-3-17)26(37)36-9-8-16-4-7-20(13-24(16)36)42-29(32,33)34;;/h2-7,10-13,23,25,35H,8-9,14-15H2,1H3,(H,38,39);;1H2/q;+1;/p-1/t23-,25?,28-;;/m0../s1. The first-order chi connectivity index (χ1) is 19.8. The van der Waals surface area contributed by atoms with Crippen molar-refractivity contribution < 1.29 is 70.8 Å². The molecule has 44 heavy (non-hydrogen) atoms. The molecule has 1 amide bonds. The molecular weight excluding hydrogens is 607 g/mol. The maximum absolute atomic E-state index is 14.7. The fourth-order valence-electron chi connectivity index (χ4n) is 4.86.